The van der Waals surface area contributed by atoms with Crippen LogP contribution in [0.5, 0.6) is 0 Å². The summed E-state index contributed by atoms with van der Waals surface area (Å²) in [6.07, 6.45) is 1.63. The number of ether oxygens (including phenoxy) is 1. The summed E-state index contributed by atoms with van der Waals surface area (Å²) in [5, 5.41) is 0. The molecule has 31 heavy (non-hydrogen) atoms. The summed E-state index contributed by atoms with van der Waals surface area (Å²) in [5.41, 5.74) is 4.81. The number of carbonyl (C=O) groups excluding carboxylic acids is 2. The van der Waals surface area contributed by atoms with Crippen LogP contribution in [0.1, 0.15) is 37.9 Å². The monoisotopic (exact) mass is 413 g/mol. The van der Waals surface area contributed by atoms with Crippen molar-refractivity contribution in [2.75, 3.05) is 6.61 Å². The average molecular weight is 413 g/mol. The lowest BCUT2D eigenvalue weighted by atomic mass is 10.0. The van der Waals surface area contributed by atoms with E-state index in [0.717, 1.165) is 28.3 Å². The number of carbonyl (C=O) groups is 2. The Morgan fingerprint density at radius 1 is 0.903 bits per heavy atom. The van der Waals surface area contributed by atoms with Crippen LogP contribution in [0.3, 0.4) is 0 Å². The van der Waals surface area contributed by atoms with Gasteiger partial charge in [-0.05, 0) is 55.3 Å². The fraction of sp³-hybridized carbons (Fsp3) is 0.154. The van der Waals surface area contributed by atoms with E-state index in [-0.39, 0.29) is 12.4 Å². The number of rotatable bonds is 7. The summed E-state index contributed by atoms with van der Waals surface area (Å²) in [6.45, 7) is 4.07. The van der Waals surface area contributed by atoms with E-state index in [2.05, 4.69) is 0 Å². The van der Waals surface area contributed by atoms with Gasteiger partial charge in [-0.25, -0.2) is 4.79 Å². The molecule has 0 saturated carbocycles. The number of esters is 1. The van der Waals surface area contributed by atoms with Gasteiger partial charge in [0.2, 0.25) is 5.78 Å². The normalized spacial score (nSPS) is 10.8. The van der Waals surface area contributed by atoms with E-state index in [1.807, 2.05) is 79.1 Å². The summed E-state index contributed by atoms with van der Waals surface area (Å²) < 4.78 is 12.7. The van der Waals surface area contributed by atoms with Crippen LogP contribution in [-0.2, 0) is 11.3 Å². The number of hydrogen-bond donors (Lipinski definition) is 0. The van der Waals surface area contributed by atoms with E-state index in [1.165, 1.54) is 0 Å². The van der Waals surface area contributed by atoms with Gasteiger partial charge in [-0.1, -0.05) is 42.5 Å². The zero-order valence-corrected chi connectivity index (χ0v) is 17.5. The highest BCUT2D eigenvalue weighted by molar-refractivity contribution is 6.00. The maximum absolute atomic E-state index is 12.7. The third-order valence-corrected chi connectivity index (χ3v) is 5.33. The zero-order chi connectivity index (χ0) is 21.8. The van der Waals surface area contributed by atoms with Crippen molar-refractivity contribution in [1.29, 1.82) is 0 Å². The molecule has 4 rings (SSSR count). The molecule has 0 N–H and O–H groups in total. The number of ketones is 1. The van der Waals surface area contributed by atoms with Gasteiger partial charge in [-0.15, -0.1) is 0 Å². The molecule has 156 valence electrons. The van der Waals surface area contributed by atoms with Crippen molar-refractivity contribution in [3.63, 3.8) is 0 Å². The minimum Gasteiger partial charge on any atom is -0.467 e. The van der Waals surface area contributed by atoms with Crippen LogP contribution in [0.2, 0.25) is 0 Å². The first-order valence-corrected chi connectivity index (χ1v) is 10.1. The summed E-state index contributed by atoms with van der Waals surface area (Å²) in [4.78, 5) is 25.1. The number of Topliss-reactive ketones (excluding diaryl/α,β-unsaturated/α-hetero) is 1. The Bertz CT molecular complexity index is 1190. The second kappa shape index (κ2) is 8.88. The Kier molecular flexibility index (Phi) is 5.85. The van der Waals surface area contributed by atoms with Crippen molar-refractivity contribution in [3.8, 4) is 11.1 Å². The van der Waals surface area contributed by atoms with Gasteiger partial charge in [0, 0.05) is 17.0 Å². The molecule has 4 aromatic rings. The first-order valence-electron chi connectivity index (χ1n) is 10.1. The smallest absolute Gasteiger partial charge is 0.338 e. The molecule has 5 nitrogen and oxygen atoms in total. The van der Waals surface area contributed by atoms with Crippen molar-refractivity contribution >= 4 is 11.8 Å². The SMILES string of the molecule is Cc1cc(C(=O)COC(=O)c2ccc(-c3ccccc3)cc2)c(C)n1Cc1ccco1. The maximum atomic E-state index is 12.7. The molecule has 0 aliphatic rings. The standard InChI is InChI=1S/C26H23NO4/c1-18-15-24(19(2)27(18)16-23-9-6-14-30-23)25(28)17-31-26(29)22-12-10-21(11-13-22)20-7-4-3-5-8-20/h3-15H,16-17H2,1-2H3. The second-order valence-electron chi connectivity index (χ2n) is 7.39. The third-order valence-electron chi connectivity index (χ3n) is 5.33. The summed E-state index contributed by atoms with van der Waals surface area (Å²) in [7, 11) is 0. The minimum atomic E-state index is -0.516. The molecular formula is C26H23NO4. The summed E-state index contributed by atoms with van der Waals surface area (Å²) >= 11 is 0. The zero-order valence-electron chi connectivity index (χ0n) is 17.5. The highest BCUT2D eigenvalue weighted by Crippen LogP contribution is 2.20. The Morgan fingerprint density at radius 3 is 2.29 bits per heavy atom. The number of hydrogen-bond acceptors (Lipinski definition) is 4. The van der Waals surface area contributed by atoms with Crippen LogP contribution in [0.15, 0.2) is 83.5 Å². The molecule has 0 radical (unpaired) electrons. The Balaban J connectivity index is 1.40. The molecule has 0 aliphatic heterocycles. The van der Waals surface area contributed by atoms with Crippen LogP contribution in [0.4, 0.5) is 0 Å². The van der Waals surface area contributed by atoms with Crippen molar-refractivity contribution in [1.82, 2.24) is 4.57 Å². The summed E-state index contributed by atoms with van der Waals surface area (Å²) in [6, 6.07) is 22.6. The Morgan fingerprint density at radius 2 is 1.61 bits per heavy atom. The number of furan rings is 1. The predicted octanol–water partition coefficient (Wildman–Crippen LogP) is 5.45. The highest BCUT2D eigenvalue weighted by Gasteiger charge is 2.18. The number of aryl methyl sites for hydroxylation is 1. The molecule has 0 unspecified atom stereocenters. The fourth-order valence-electron chi connectivity index (χ4n) is 3.61. The highest BCUT2D eigenvalue weighted by atomic mass is 16.5. The molecule has 0 spiro atoms. The molecule has 0 atom stereocenters. The van der Waals surface area contributed by atoms with Gasteiger partial charge in [0.15, 0.2) is 6.61 Å². The number of nitrogens with zero attached hydrogens (tertiary/aromatic N) is 1. The van der Waals surface area contributed by atoms with Crippen molar-refractivity contribution in [2.45, 2.75) is 20.4 Å². The van der Waals surface area contributed by atoms with Crippen molar-refractivity contribution < 1.29 is 18.7 Å². The first kappa shape index (κ1) is 20.4. The summed E-state index contributed by atoms with van der Waals surface area (Å²) in [5.74, 6) is 0.0663. The molecule has 2 aromatic carbocycles. The van der Waals surface area contributed by atoms with Gasteiger partial charge in [0.25, 0.3) is 0 Å². The van der Waals surface area contributed by atoms with Gasteiger partial charge >= 0.3 is 5.97 Å². The van der Waals surface area contributed by atoms with Crippen LogP contribution in [0.25, 0.3) is 11.1 Å². The van der Waals surface area contributed by atoms with Crippen LogP contribution < -0.4 is 0 Å². The molecule has 2 heterocycles. The second-order valence-corrected chi connectivity index (χ2v) is 7.39. The van der Waals surface area contributed by atoms with Crippen molar-refractivity contribution in [3.05, 3.63) is 107 Å². The molecule has 0 fully saturated rings. The van der Waals surface area contributed by atoms with E-state index in [0.29, 0.717) is 17.7 Å². The third kappa shape index (κ3) is 4.51. The molecule has 2 aromatic heterocycles. The molecule has 0 amide bonds. The van der Waals surface area contributed by atoms with Gasteiger partial charge in [0.1, 0.15) is 5.76 Å². The first-order chi connectivity index (χ1) is 15.0. The number of benzene rings is 2. The minimum absolute atomic E-state index is 0.229. The van der Waals surface area contributed by atoms with E-state index < -0.39 is 5.97 Å². The van der Waals surface area contributed by atoms with E-state index in [4.69, 9.17) is 9.15 Å². The quantitative estimate of drug-likeness (QED) is 0.298. The lowest BCUT2D eigenvalue weighted by molar-refractivity contribution is 0.0474. The fourth-order valence-corrected chi connectivity index (χ4v) is 3.61. The molecule has 0 saturated heterocycles. The van der Waals surface area contributed by atoms with E-state index >= 15 is 0 Å². The topological polar surface area (TPSA) is 61.4 Å². The molecule has 0 aliphatic carbocycles. The van der Waals surface area contributed by atoms with Gasteiger partial charge in [0.05, 0.1) is 18.4 Å². The van der Waals surface area contributed by atoms with Gasteiger partial charge < -0.3 is 13.7 Å². The van der Waals surface area contributed by atoms with Gasteiger partial charge in [-0.3, -0.25) is 4.79 Å². The van der Waals surface area contributed by atoms with Crippen LogP contribution in [-0.4, -0.2) is 22.9 Å². The maximum Gasteiger partial charge on any atom is 0.338 e. The molecule has 0 bridgehead atoms. The molecular weight excluding hydrogens is 390 g/mol. The molecule has 5 heteroatoms. The van der Waals surface area contributed by atoms with Crippen molar-refractivity contribution in [2.24, 2.45) is 0 Å². The van der Waals surface area contributed by atoms with Crippen LogP contribution in [0, 0.1) is 13.8 Å². The Hall–Kier alpha value is -3.86. The predicted molar refractivity (Wildman–Crippen MR) is 118 cm³/mol. The Labute approximate surface area is 180 Å². The lowest BCUT2D eigenvalue weighted by Crippen LogP contribution is -2.15. The average Bonchev–Trinajstić information content (AvgIpc) is 3.42. The van der Waals surface area contributed by atoms with Gasteiger partial charge in [-0.2, -0.15) is 0 Å². The lowest BCUT2D eigenvalue weighted by Gasteiger charge is -2.08. The van der Waals surface area contributed by atoms with E-state index in [9.17, 15) is 9.59 Å². The largest absolute Gasteiger partial charge is 0.467 e. The van der Waals surface area contributed by atoms with E-state index in [1.54, 1.807) is 18.4 Å². The van der Waals surface area contributed by atoms with Crippen LogP contribution >= 0.6 is 0 Å². The number of aromatic nitrogens is 1.